The number of amides is 1. The van der Waals surface area contributed by atoms with E-state index in [2.05, 4.69) is 29.6 Å². The van der Waals surface area contributed by atoms with E-state index in [9.17, 15) is 13.2 Å². The van der Waals surface area contributed by atoms with E-state index < -0.39 is 10.0 Å². The van der Waals surface area contributed by atoms with Crippen LogP contribution in [0.5, 0.6) is 0 Å². The maximum Gasteiger partial charge on any atom is 0.243 e. The fourth-order valence-electron chi connectivity index (χ4n) is 4.01. The minimum Gasteiger partial charge on any atom is -0.344 e. The zero-order chi connectivity index (χ0) is 22.7. The van der Waals surface area contributed by atoms with Crippen molar-refractivity contribution < 1.29 is 13.2 Å². The minimum atomic E-state index is -3.53. The third-order valence-electron chi connectivity index (χ3n) is 6.01. The van der Waals surface area contributed by atoms with Crippen molar-refractivity contribution in [2.24, 2.45) is 5.92 Å². The van der Waals surface area contributed by atoms with Crippen LogP contribution in [-0.2, 0) is 14.8 Å². The molecule has 5 nitrogen and oxygen atoms in total. The third-order valence-corrected chi connectivity index (χ3v) is 8.86. The molecule has 1 aromatic heterocycles. The monoisotopic (exact) mass is 468 g/mol. The van der Waals surface area contributed by atoms with E-state index in [1.807, 2.05) is 43.5 Å². The van der Waals surface area contributed by atoms with Crippen LogP contribution in [0.1, 0.15) is 40.5 Å². The van der Waals surface area contributed by atoms with Gasteiger partial charge in [0.2, 0.25) is 15.9 Å². The maximum atomic E-state index is 13.1. The lowest BCUT2D eigenvalue weighted by molar-refractivity contribution is -0.126. The van der Waals surface area contributed by atoms with E-state index in [4.69, 9.17) is 0 Å². The number of carbonyl (C=O) groups excluding carboxylic acids is 1. The first-order valence-corrected chi connectivity index (χ1v) is 13.1. The van der Waals surface area contributed by atoms with Crippen molar-refractivity contribution >= 4 is 27.3 Å². The van der Waals surface area contributed by atoms with Gasteiger partial charge in [-0.2, -0.15) is 4.31 Å². The van der Waals surface area contributed by atoms with Gasteiger partial charge in [0, 0.05) is 23.9 Å². The van der Waals surface area contributed by atoms with Crippen molar-refractivity contribution in [2.75, 3.05) is 13.1 Å². The summed E-state index contributed by atoms with van der Waals surface area (Å²) in [6.07, 6.45) is 1.03. The second-order valence-electron chi connectivity index (χ2n) is 8.36. The summed E-state index contributed by atoms with van der Waals surface area (Å²) in [7, 11) is -3.53. The number of aryl methyl sites for hydroxylation is 2. The van der Waals surface area contributed by atoms with E-state index in [1.165, 1.54) is 9.87 Å². The van der Waals surface area contributed by atoms with Crippen molar-refractivity contribution in [3.63, 3.8) is 0 Å². The van der Waals surface area contributed by atoms with Gasteiger partial charge in [0.15, 0.2) is 0 Å². The summed E-state index contributed by atoms with van der Waals surface area (Å²) in [4.78, 5) is 14.5. The summed E-state index contributed by atoms with van der Waals surface area (Å²) in [5.41, 5.74) is 3.24. The highest BCUT2D eigenvalue weighted by atomic mass is 32.2. The molecular weight excluding hydrogens is 440 g/mol. The number of hydrogen-bond acceptors (Lipinski definition) is 4. The Bertz CT molecular complexity index is 1150. The van der Waals surface area contributed by atoms with Crippen LogP contribution < -0.4 is 5.32 Å². The van der Waals surface area contributed by atoms with Crippen molar-refractivity contribution in [1.29, 1.82) is 0 Å². The predicted octanol–water partition coefficient (Wildman–Crippen LogP) is 4.67. The molecule has 0 bridgehead atoms. The molecule has 168 valence electrons. The molecule has 1 atom stereocenters. The third kappa shape index (κ3) is 4.95. The molecule has 0 saturated carbocycles. The van der Waals surface area contributed by atoms with E-state index in [0.717, 1.165) is 16.0 Å². The summed E-state index contributed by atoms with van der Waals surface area (Å²) in [5.74, 6) is -0.219. The molecule has 1 aliphatic heterocycles. The van der Waals surface area contributed by atoms with Crippen LogP contribution in [0, 0.1) is 19.8 Å². The fourth-order valence-corrected chi connectivity index (χ4v) is 6.28. The number of carbonyl (C=O) groups is 1. The first-order chi connectivity index (χ1) is 15.3. The number of thiophene rings is 1. The molecule has 3 aromatic rings. The average molecular weight is 469 g/mol. The molecule has 1 amide bonds. The van der Waals surface area contributed by atoms with Crippen LogP contribution in [-0.4, -0.2) is 31.7 Å². The van der Waals surface area contributed by atoms with Crippen LogP contribution in [0.15, 0.2) is 70.9 Å². The van der Waals surface area contributed by atoms with Gasteiger partial charge < -0.3 is 5.32 Å². The molecule has 2 aromatic carbocycles. The molecular formula is C25H28N2O3S2. The Morgan fingerprint density at radius 3 is 2.12 bits per heavy atom. The number of nitrogens with one attached hydrogen (secondary N) is 1. The van der Waals surface area contributed by atoms with Crippen LogP contribution in [0.2, 0.25) is 0 Å². The van der Waals surface area contributed by atoms with E-state index in [1.54, 1.807) is 23.5 Å². The molecule has 4 rings (SSSR count). The summed E-state index contributed by atoms with van der Waals surface area (Å²) < 4.78 is 27.4. The second-order valence-corrected chi connectivity index (χ2v) is 11.3. The molecule has 1 fully saturated rings. The first kappa shape index (κ1) is 22.7. The largest absolute Gasteiger partial charge is 0.344 e. The fraction of sp³-hybridized carbons (Fsp3) is 0.320. The summed E-state index contributed by atoms with van der Waals surface area (Å²) in [6, 6.07) is 18.9. The van der Waals surface area contributed by atoms with Crippen LogP contribution in [0.4, 0.5) is 0 Å². The topological polar surface area (TPSA) is 66.5 Å². The standard InChI is InChI=1S/C25H28N2O3S2/c1-18-5-9-20(10-6-18)24(23-4-3-17-31-23)26-25(28)21-13-15-27(16-14-21)32(29,30)22-11-7-19(2)8-12-22/h3-12,17,21,24H,13-16H2,1-2H3,(H,26,28)/t24-/m1/s1. The highest BCUT2D eigenvalue weighted by Gasteiger charge is 2.33. The SMILES string of the molecule is Cc1ccc([C@@H](NC(=O)C2CCN(S(=O)(=O)c3ccc(C)cc3)CC2)c2cccs2)cc1. The lowest BCUT2D eigenvalue weighted by Gasteiger charge is -2.31. The smallest absolute Gasteiger partial charge is 0.243 e. The first-order valence-electron chi connectivity index (χ1n) is 10.8. The Hall–Kier alpha value is -2.48. The minimum absolute atomic E-state index is 0.0173. The van der Waals surface area contributed by atoms with Gasteiger partial charge in [-0.3, -0.25) is 4.79 Å². The molecule has 0 radical (unpaired) electrons. The number of nitrogens with zero attached hydrogens (tertiary/aromatic N) is 1. The maximum absolute atomic E-state index is 13.1. The Labute approximate surface area is 194 Å². The van der Waals surface area contributed by atoms with Gasteiger partial charge >= 0.3 is 0 Å². The molecule has 1 aliphatic rings. The highest BCUT2D eigenvalue weighted by Crippen LogP contribution is 2.29. The zero-order valence-electron chi connectivity index (χ0n) is 18.3. The highest BCUT2D eigenvalue weighted by molar-refractivity contribution is 7.89. The lowest BCUT2D eigenvalue weighted by atomic mass is 9.95. The van der Waals surface area contributed by atoms with Crippen molar-refractivity contribution in [3.8, 4) is 0 Å². The number of piperidine rings is 1. The number of benzene rings is 2. The molecule has 2 heterocycles. The number of hydrogen-bond donors (Lipinski definition) is 1. The number of sulfonamides is 1. The molecule has 0 unspecified atom stereocenters. The molecule has 0 spiro atoms. The van der Waals surface area contributed by atoms with Crippen LogP contribution >= 0.6 is 11.3 Å². The molecule has 1 N–H and O–H groups in total. The summed E-state index contributed by atoms with van der Waals surface area (Å²) >= 11 is 1.62. The molecule has 0 aliphatic carbocycles. The quantitative estimate of drug-likeness (QED) is 0.572. The Morgan fingerprint density at radius 1 is 0.969 bits per heavy atom. The van der Waals surface area contributed by atoms with E-state index in [0.29, 0.717) is 30.8 Å². The second kappa shape index (κ2) is 9.57. The van der Waals surface area contributed by atoms with Gasteiger partial charge in [-0.25, -0.2) is 8.42 Å². The average Bonchev–Trinajstić information content (AvgIpc) is 3.33. The van der Waals surface area contributed by atoms with Gasteiger partial charge in [0.05, 0.1) is 10.9 Å². The van der Waals surface area contributed by atoms with Crippen molar-refractivity contribution in [3.05, 3.63) is 87.6 Å². The summed E-state index contributed by atoms with van der Waals surface area (Å²) in [6.45, 7) is 4.67. The Morgan fingerprint density at radius 2 is 1.56 bits per heavy atom. The number of rotatable bonds is 6. The lowest BCUT2D eigenvalue weighted by Crippen LogP contribution is -2.43. The van der Waals surface area contributed by atoms with Gasteiger partial charge in [0.1, 0.15) is 0 Å². The predicted molar refractivity (Wildman–Crippen MR) is 128 cm³/mol. The van der Waals surface area contributed by atoms with Gasteiger partial charge in [-0.1, -0.05) is 53.6 Å². The zero-order valence-corrected chi connectivity index (χ0v) is 20.0. The Balaban J connectivity index is 1.43. The molecule has 1 saturated heterocycles. The normalized spacial score (nSPS) is 16.6. The van der Waals surface area contributed by atoms with E-state index >= 15 is 0 Å². The van der Waals surface area contributed by atoms with Crippen LogP contribution in [0.3, 0.4) is 0 Å². The van der Waals surface area contributed by atoms with Gasteiger partial charge in [-0.05, 0) is 55.8 Å². The molecule has 32 heavy (non-hydrogen) atoms. The molecule has 7 heteroatoms. The van der Waals surface area contributed by atoms with Gasteiger partial charge in [0.25, 0.3) is 0 Å². The summed E-state index contributed by atoms with van der Waals surface area (Å²) in [5, 5.41) is 5.23. The Kier molecular flexibility index (Phi) is 6.79. The van der Waals surface area contributed by atoms with Crippen molar-refractivity contribution in [1.82, 2.24) is 9.62 Å². The van der Waals surface area contributed by atoms with Crippen molar-refractivity contribution in [2.45, 2.75) is 37.6 Å². The van der Waals surface area contributed by atoms with E-state index in [-0.39, 0.29) is 17.9 Å². The van der Waals surface area contributed by atoms with Gasteiger partial charge in [-0.15, -0.1) is 11.3 Å². The van der Waals surface area contributed by atoms with Crippen LogP contribution in [0.25, 0.3) is 0 Å².